The Hall–Kier alpha value is -3.03. The van der Waals surface area contributed by atoms with Crippen molar-refractivity contribution in [2.75, 3.05) is 19.3 Å². The van der Waals surface area contributed by atoms with Crippen LogP contribution in [0.1, 0.15) is 32.8 Å². The molecule has 13 heteroatoms. The van der Waals surface area contributed by atoms with Crippen LogP contribution in [0.2, 0.25) is 0 Å². The van der Waals surface area contributed by atoms with E-state index in [9.17, 15) is 29.3 Å². The van der Waals surface area contributed by atoms with E-state index in [1.165, 1.54) is 24.9 Å². The molecule has 0 heterocycles. The number of nitro groups is 1. The number of rotatable bonds is 15. The summed E-state index contributed by atoms with van der Waals surface area (Å²) in [5.41, 5.74) is 0.760. The highest BCUT2D eigenvalue weighted by molar-refractivity contribution is 8.14. The maximum Gasteiger partial charge on any atom is 0.282 e. The van der Waals surface area contributed by atoms with Crippen molar-refractivity contribution in [1.82, 2.24) is 15.5 Å². The van der Waals surface area contributed by atoms with Gasteiger partial charge in [-0.2, -0.15) is 12.6 Å². The Morgan fingerprint density at radius 3 is 2.24 bits per heavy atom. The Morgan fingerprint density at radius 1 is 1.02 bits per heavy atom. The van der Waals surface area contributed by atoms with Gasteiger partial charge >= 0.3 is 0 Å². The highest BCUT2D eigenvalue weighted by Gasteiger charge is 2.34. The van der Waals surface area contributed by atoms with E-state index in [2.05, 4.69) is 23.3 Å². The highest BCUT2D eigenvalue weighted by Crippen LogP contribution is 2.34. The molecule has 2 N–H and O–H groups in total. The molecule has 10 nitrogen and oxygen atoms in total. The van der Waals surface area contributed by atoms with Crippen LogP contribution in [0.25, 0.3) is 0 Å². The molecule has 3 amide bonds. The van der Waals surface area contributed by atoms with E-state index in [4.69, 9.17) is 0 Å². The Kier molecular flexibility index (Phi) is 14.2. The molecule has 2 aromatic rings. The summed E-state index contributed by atoms with van der Waals surface area (Å²) in [5, 5.41) is 16.7. The van der Waals surface area contributed by atoms with Gasteiger partial charge in [-0.3, -0.25) is 29.3 Å². The lowest BCUT2D eigenvalue weighted by molar-refractivity contribution is -0.387. The van der Waals surface area contributed by atoms with Crippen LogP contribution in [0.3, 0.4) is 0 Å². The fraction of sp³-hybridized carbons (Fsp3) is 0.429. The molecule has 0 aliphatic heterocycles. The van der Waals surface area contributed by atoms with Gasteiger partial charge in [-0.25, -0.2) is 0 Å². The third-order valence-corrected chi connectivity index (χ3v) is 8.23. The number of carbonyl (C=O) groups is 4. The van der Waals surface area contributed by atoms with E-state index in [0.29, 0.717) is 4.90 Å². The first-order valence-electron chi connectivity index (χ1n) is 13.0. The Morgan fingerprint density at radius 2 is 1.66 bits per heavy atom. The van der Waals surface area contributed by atoms with Crippen molar-refractivity contribution >= 4 is 64.7 Å². The summed E-state index contributed by atoms with van der Waals surface area (Å²) in [6.07, 6.45) is 0.530. The lowest BCUT2D eigenvalue weighted by Gasteiger charge is -2.34. The first-order valence-corrected chi connectivity index (χ1v) is 15.4. The van der Waals surface area contributed by atoms with Crippen LogP contribution in [0.4, 0.5) is 5.69 Å². The second-order valence-electron chi connectivity index (χ2n) is 9.63. The van der Waals surface area contributed by atoms with Crippen molar-refractivity contribution in [1.29, 1.82) is 0 Å². The fourth-order valence-electron chi connectivity index (χ4n) is 4.03. The number of benzene rings is 2. The number of hydrogen-bond donors (Lipinski definition) is 3. The molecule has 2 rings (SSSR count). The summed E-state index contributed by atoms with van der Waals surface area (Å²) >= 11 is 6.54. The highest BCUT2D eigenvalue weighted by atomic mass is 32.2. The average molecular weight is 621 g/mol. The van der Waals surface area contributed by atoms with Gasteiger partial charge in [0, 0.05) is 33.0 Å². The number of amides is 3. The van der Waals surface area contributed by atoms with E-state index in [1.54, 1.807) is 18.2 Å². The molecule has 0 radical (unpaired) electrons. The van der Waals surface area contributed by atoms with Crippen molar-refractivity contribution in [2.45, 2.75) is 55.2 Å². The van der Waals surface area contributed by atoms with Crippen molar-refractivity contribution in [3.8, 4) is 0 Å². The Bertz CT molecular complexity index is 1210. The third-order valence-electron chi connectivity index (χ3n) is 5.93. The van der Waals surface area contributed by atoms with Crippen LogP contribution in [0.5, 0.6) is 0 Å². The van der Waals surface area contributed by atoms with Gasteiger partial charge in [-0.1, -0.05) is 68.1 Å². The number of thioether (sulfide) groups is 2. The number of thiol groups is 1. The fourth-order valence-corrected chi connectivity index (χ4v) is 5.99. The number of nitrogens with zero attached hydrogens (tertiary/aromatic N) is 2. The van der Waals surface area contributed by atoms with E-state index in [0.717, 1.165) is 29.1 Å². The van der Waals surface area contributed by atoms with Gasteiger partial charge in [0.05, 0.1) is 20.2 Å². The van der Waals surface area contributed by atoms with Crippen molar-refractivity contribution in [3.05, 3.63) is 70.3 Å². The van der Waals surface area contributed by atoms with Gasteiger partial charge in [-0.05, 0) is 24.0 Å². The normalized spacial score (nSPS) is 13.1. The minimum Gasteiger partial charge on any atom is -0.357 e. The zero-order chi connectivity index (χ0) is 30.5. The van der Waals surface area contributed by atoms with Crippen LogP contribution in [0.15, 0.2) is 59.5 Å². The zero-order valence-electron chi connectivity index (χ0n) is 23.4. The summed E-state index contributed by atoms with van der Waals surface area (Å²) in [7, 11) is 1.48. The minimum atomic E-state index is -0.973. The van der Waals surface area contributed by atoms with Crippen LogP contribution < -0.4 is 10.6 Å². The Balaban J connectivity index is 2.38. The SMILES string of the molecule is CNC(=O)[C@H](Cc1ccccc1)NC(=O)[C@H](CC(C)C)N(CC(S)Sc1ccccc1[N+](=O)[O-])C(=O)CSC(C)=O. The van der Waals surface area contributed by atoms with Crippen LogP contribution in [-0.2, 0) is 25.6 Å². The molecule has 0 saturated carbocycles. The second-order valence-corrected chi connectivity index (χ2v) is 13.0. The van der Waals surface area contributed by atoms with Crippen LogP contribution in [0, 0.1) is 16.0 Å². The maximum atomic E-state index is 13.8. The van der Waals surface area contributed by atoms with E-state index >= 15 is 0 Å². The van der Waals surface area contributed by atoms with Crippen molar-refractivity contribution in [3.63, 3.8) is 0 Å². The molecule has 0 aromatic heterocycles. The number of nitrogens with one attached hydrogen (secondary N) is 2. The molecule has 222 valence electrons. The summed E-state index contributed by atoms with van der Waals surface area (Å²) < 4.78 is -0.635. The van der Waals surface area contributed by atoms with Gasteiger partial charge in [0.15, 0.2) is 5.12 Å². The number of para-hydroxylation sites is 1. The molecule has 0 saturated heterocycles. The molecule has 0 bridgehead atoms. The first-order chi connectivity index (χ1) is 19.4. The number of hydrogen-bond acceptors (Lipinski definition) is 9. The standard InChI is InChI=1S/C28H36N4O6S3/c1-18(2)14-23(28(36)30-21(27(35)29-4)15-20-10-6-5-7-11-20)31(25(34)17-40-19(3)33)16-26(39)41-24-13-9-8-12-22(24)32(37)38/h5-13,18,21,23,26,39H,14-17H2,1-4H3,(H,29,35)(H,30,36)/t21-,23-,26?/m0/s1. The predicted octanol–water partition coefficient (Wildman–Crippen LogP) is 3.94. The summed E-state index contributed by atoms with van der Waals surface area (Å²) in [6.45, 7) is 5.14. The summed E-state index contributed by atoms with van der Waals surface area (Å²) in [6, 6.07) is 13.6. The molecule has 41 heavy (non-hydrogen) atoms. The monoisotopic (exact) mass is 620 g/mol. The molecule has 1 unspecified atom stereocenters. The number of likely N-dealkylation sites (N-methyl/N-ethyl adjacent to an activating group) is 1. The number of carbonyl (C=O) groups excluding carboxylic acids is 4. The molecule has 0 fully saturated rings. The molecule has 0 aliphatic rings. The minimum absolute atomic E-state index is 0.00434. The van der Waals surface area contributed by atoms with Crippen molar-refractivity contribution < 1.29 is 24.1 Å². The van der Waals surface area contributed by atoms with E-state index < -0.39 is 33.4 Å². The topological polar surface area (TPSA) is 139 Å². The molecule has 3 atom stereocenters. The van der Waals surface area contributed by atoms with Gasteiger partial charge < -0.3 is 15.5 Å². The summed E-state index contributed by atoms with van der Waals surface area (Å²) in [5.74, 6) is -1.53. The molecular formula is C28H36N4O6S3. The quantitative estimate of drug-likeness (QED) is 0.0895. The van der Waals surface area contributed by atoms with Crippen LogP contribution >= 0.6 is 36.2 Å². The summed E-state index contributed by atoms with van der Waals surface area (Å²) in [4.78, 5) is 64.3. The number of nitro benzene ring substituents is 1. The van der Waals surface area contributed by atoms with Gasteiger partial charge in [0.1, 0.15) is 12.1 Å². The first kappa shape index (κ1) is 34.2. The molecule has 2 aromatic carbocycles. The van der Waals surface area contributed by atoms with Gasteiger partial charge in [0.25, 0.3) is 5.69 Å². The average Bonchev–Trinajstić information content (AvgIpc) is 2.93. The lowest BCUT2D eigenvalue weighted by atomic mass is 9.99. The molecule has 0 aliphatic carbocycles. The van der Waals surface area contributed by atoms with E-state index in [1.807, 2.05) is 44.2 Å². The van der Waals surface area contributed by atoms with E-state index in [-0.39, 0.29) is 47.8 Å². The Labute approximate surface area is 254 Å². The van der Waals surface area contributed by atoms with Crippen LogP contribution in [-0.4, -0.2) is 68.7 Å². The zero-order valence-corrected chi connectivity index (χ0v) is 26.0. The predicted molar refractivity (Wildman–Crippen MR) is 166 cm³/mol. The van der Waals surface area contributed by atoms with Gasteiger partial charge in [-0.15, -0.1) is 11.8 Å². The smallest absolute Gasteiger partial charge is 0.282 e. The second kappa shape index (κ2) is 17.0. The maximum absolute atomic E-state index is 13.8. The molecule has 0 spiro atoms. The largest absolute Gasteiger partial charge is 0.357 e. The van der Waals surface area contributed by atoms with Crippen molar-refractivity contribution in [2.24, 2.45) is 5.92 Å². The lowest BCUT2D eigenvalue weighted by Crippen LogP contribution is -2.56. The molecular weight excluding hydrogens is 585 g/mol. The third kappa shape index (κ3) is 11.4. The van der Waals surface area contributed by atoms with Gasteiger partial charge in [0.2, 0.25) is 17.7 Å².